The number of methoxy groups -OCH3 is 1. The zero-order valence-corrected chi connectivity index (χ0v) is 15.3. The zero-order chi connectivity index (χ0) is 18.4. The lowest BCUT2D eigenvalue weighted by atomic mass is 10.1. The molecule has 2 aromatic rings. The van der Waals surface area contributed by atoms with E-state index in [0.29, 0.717) is 17.9 Å². The fourth-order valence-corrected chi connectivity index (χ4v) is 3.46. The number of benzene rings is 2. The molecule has 0 atom stereocenters. The number of amides is 1. The molecular weight excluding hydrogens is 340 g/mol. The summed E-state index contributed by atoms with van der Waals surface area (Å²) in [6.07, 6.45) is 0. The molecule has 0 heterocycles. The predicted molar refractivity (Wildman–Crippen MR) is 95.9 cm³/mol. The van der Waals surface area contributed by atoms with Crippen molar-refractivity contribution in [2.24, 2.45) is 0 Å². The van der Waals surface area contributed by atoms with Gasteiger partial charge in [0.1, 0.15) is 5.75 Å². The van der Waals surface area contributed by atoms with E-state index < -0.39 is 15.9 Å². The van der Waals surface area contributed by atoms with Crippen LogP contribution in [0.1, 0.15) is 16.7 Å². The molecule has 0 saturated heterocycles. The standard InChI is InChI=1S/C18H22N2O4S/c1-13-4-6-15(7-5-13)11-19-18(21)12-20-25(22,23)17-9-8-16(24-3)10-14(17)2/h4-10,20H,11-12H2,1-3H3,(H,19,21). The molecule has 6 nitrogen and oxygen atoms in total. The first-order valence-corrected chi connectivity index (χ1v) is 9.26. The van der Waals surface area contributed by atoms with Crippen LogP contribution in [-0.4, -0.2) is 28.0 Å². The van der Waals surface area contributed by atoms with Crippen LogP contribution >= 0.6 is 0 Å². The Balaban J connectivity index is 1.92. The summed E-state index contributed by atoms with van der Waals surface area (Å²) in [4.78, 5) is 12.0. The maximum Gasteiger partial charge on any atom is 0.241 e. The first kappa shape index (κ1) is 19.0. The molecule has 134 valence electrons. The van der Waals surface area contributed by atoms with Crippen LogP contribution in [0.15, 0.2) is 47.4 Å². The van der Waals surface area contributed by atoms with Crippen LogP contribution in [0.4, 0.5) is 0 Å². The van der Waals surface area contributed by atoms with E-state index in [1.165, 1.54) is 13.2 Å². The average Bonchev–Trinajstić information content (AvgIpc) is 2.59. The van der Waals surface area contributed by atoms with E-state index in [1.807, 2.05) is 31.2 Å². The summed E-state index contributed by atoms with van der Waals surface area (Å²) in [5.74, 6) is 0.183. The van der Waals surface area contributed by atoms with Gasteiger partial charge >= 0.3 is 0 Å². The van der Waals surface area contributed by atoms with E-state index in [4.69, 9.17) is 4.74 Å². The number of sulfonamides is 1. The molecule has 25 heavy (non-hydrogen) atoms. The van der Waals surface area contributed by atoms with Crippen molar-refractivity contribution in [1.29, 1.82) is 0 Å². The zero-order valence-electron chi connectivity index (χ0n) is 14.5. The third-order valence-electron chi connectivity index (χ3n) is 3.70. The fraction of sp³-hybridized carbons (Fsp3) is 0.278. The van der Waals surface area contributed by atoms with Crippen LogP contribution in [0.5, 0.6) is 5.75 Å². The molecule has 0 aliphatic heterocycles. The monoisotopic (exact) mass is 362 g/mol. The highest BCUT2D eigenvalue weighted by Crippen LogP contribution is 2.20. The van der Waals surface area contributed by atoms with Crippen LogP contribution in [0.3, 0.4) is 0 Å². The lowest BCUT2D eigenvalue weighted by Gasteiger charge is -2.11. The molecule has 0 saturated carbocycles. The highest BCUT2D eigenvalue weighted by Gasteiger charge is 2.18. The molecular formula is C18H22N2O4S. The van der Waals surface area contributed by atoms with Gasteiger partial charge in [0.25, 0.3) is 0 Å². The van der Waals surface area contributed by atoms with Crippen LogP contribution < -0.4 is 14.8 Å². The van der Waals surface area contributed by atoms with Crippen LogP contribution in [-0.2, 0) is 21.4 Å². The van der Waals surface area contributed by atoms with E-state index >= 15 is 0 Å². The second-order valence-electron chi connectivity index (χ2n) is 5.72. The molecule has 2 N–H and O–H groups in total. The Morgan fingerprint density at radius 3 is 2.36 bits per heavy atom. The quantitative estimate of drug-likeness (QED) is 0.788. The third-order valence-corrected chi connectivity index (χ3v) is 5.27. The summed E-state index contributed by atoms with van der Waals surface area (Å²) >= 11 is 0. The summed E-state index contributed by atoms with van der Waals surface area (Å²) in [5, 5.41) is 2.69. The van der Waals surface area contributed by atoms with Gasteiger partial charge in [0.05, 0.1) is 18.6 Å². The summed E-state index contributed by atoms with van der Waals surface area (Å²) in [7, 11) is -2.25. The fourth-order valence-electron chi connectivity index (χ4n) is 2.26. The highest BCUT2D eigenvalue weighted by molar-refractivity contribution is 7.89. The largest absolute Gasteiger partial charge is 0.497 e. The van der Waals surface area contributed by atoms with Crippen molar-refractivity contribution in [2.75, 3.05) is 13.7 Å². The molecule has 0 spiro atoms. The second-order valence-corrected chi connectivity index (χ2v) is 7.45. The number of ether oxygens (including phenoxy) is 1. The van der Waals surface area contributed by atoms with Crippen molar-refractivity contribution >= 4 is 15.9 Å². The molecule has 0 bridgehead atoms. The van der Waals surface area contributed by atoms with Crippen molar-refractivity contribution in [3.8, 4) is 5.75 Å². The highest BCUT2D eigenvalue weighted by atomic mass is 32.2. The molecule has 0 aliphatic carbocycles. The van der Waals surface area contributed by atoms with Crippen molar-refractivity contribution in [3.63, 3.8) is 0 Å². The summed E-state index contributed by atoms with van der Waals surface area (Å²) in [6, 6.07) is 12.4. The van der Waals surface area contributed by atoms with Gasteiger partial charge in [0, 0.05) is 6.54 Å². The number of hydrogen-bond acceptors (Lipinski definition) is 4. The Kier molecular flexibility index (Phi) is 6.17. The Hall–Kier alpha value is -2.38. The number of rotatable bonds is 7. The van der Waals surface area contributed by atoms with Crippen molar-refractivity contribution in [2.45, 2.75) is 25.3 Å². The summed E-state index contributed by atoms with van der Waals surface area (Å²) in [5.41, 5.74) is 2.64. The smallest absolute Gasteiger partial charge is 0.241 e. The third kappa shape index (κ3) is 5.30. The lowest BCUT2D eigenvalue weighted by Crippen LogP contribution is -2.36. The average molecular weight is 362 g/mol. The van der Waals surface area contributed by atoms with Crippen LogP contribution in [0.2, 0.25) is 0 Å². The number of carbonyl (C=O) groups excluding carboxylic acids is 1. The van der Waals surface area contributed by atoms with E-state index in [-0.39, 0.29) is 11.4 Å². The first-order valence-electron chi connectivity index (χ1n) is 7.78. The van der Waals surface area contributed by atoms with Gasteiger partial charge in [-0.05, 0) is 43.2 Å². The van der Waals surface area contributed by atoms with Crippen molar-refractivity contribution in [1.82, 2.24) is 10.0 Å². The van der Waals surface area contributed by atoms with Gasteiger partial charge in [-0.1, -0.05) is 29.8 Å². The Morgan fingerprint density at radius 2 is 1.76 bits per heavy atom. The summed E-state index contributed by atoms with van der Waals surface area (Å²) in [6.45, 7) is 3.69. The number of nitrogens with one attached hydrogen (secondary N) is 2. The molecule has 0 aromatic heterocycles. The van der Waals surface area contributed by atoms with Gasteiger partial charge in [0.2, 0.25) is 15.9 Å². The Morgan fingerprint density at radius 1 is 1.08 bits per heavy atom. The molecule has 0 unspecified atom stereocenters. The maximum atomic E-state index is 12.3. The van der Waals surface area contributed by atoms with Crippen LogP contribution in [0, 0.1) is 13.8 Å². The van der Waals surface area contributed by atoms with Crippen molar-refractivity contribution in [3.05, 3.63) is 59.2 Å². The summed E-state index contributed by atoms with van der Waals surface area (Å²) < 4.78 is 32.1. The van der Waals surface area contributed by atoms with Crippen LogP contribution in [0.25, 0.3) is 0 Å². The Bertz CT molecular complexity index is 846. The van der Waals surface area contributed by atoms with Gasteiger partial charge < -0.3 is 10.1 Å². The Labute approximate surface area is 148 Å². The van der Waals surface area contributed by atoms with Gasteiger partial charge in [0.15, 0.2) is 0 Å². The molecule has 0 fully saturated rings. The minimum Gasteiger partial charge on any atom is -0.497 e. The van der Waals surface area contributed by atoms with E-state index in [9.17, 15) is 13.2 Å². The van der Waals surface area contributed by atoms with E-state index in [0.717, 1.165) is 11.1 Å². The van der Waals surface area contributed by atoms with Gasteiger partial charge in [-0.15, -0.1) is 0 Å². The molecule has 2 aromatic carbocycles. The minimum atomic E-state index is -3.77. The second kappa shape index (κ2) is 8.13. The number of carbonyl (C=O) groups is 1. The number of aryl methyl sites for hydroxylation is 2. The SMILES string of the molecule is COc1ccc(S(=O)(=O)NCC(=O)NCc2ccc(C)cc2)c(C)c1. The maximum absolute atomic E-state index is 12.3. The van der Waals surface area contributed by atoms with E-state index in [1.54, 1.807) is 19.1 Å². The van der Waals surface area contributed by atoms with Gasteiger partial charge in [-0.25, -0.2) is 13.1 Å². The molecule has 0 aliphatic rings. The van der Waals surface area contributed by atoms with Gasteiger partial charge in [-0.2, -0.15) is 0 Å². The predicted octanol–water partition coefficient (Wildman–Crippen LogP) is 1.91. The lowest BCUT2D eigenvalue weighted by molar-refractivity contribution is -0.120. The molecule has 1 amide bonds. The van der Waals surface area contributed by atoms with Crippen molar-refractivity contribution < 1.29 is 17.9 Å². The topological polar surface area (TPSA) is 84.5 Å². The minimum absolute atomic E-state index is 0.125. The molecule has 7 heteroatoms. The molecule has 2 rings (SSSR count). The first-order chi connectivity index (χ1) is 11.8. The number of hydrogen-bond donors (Lipinski definition) is 2. The molecule has 0 radical (unpaired) electrons. The van der Waals surface area contributed by atoms with Gasteiger partial charge in [-0.3, -0.25) is 4.79 Å². The van der Waals surface area contributed by atoms with E-state index in [2.05, 4.69) is 10.0 Å². The normalized spacial score (nSPS) is 11.2.